The van der Waals surface area contributed by atoms with Crippen LogP contribution in [-0.4, -0.2) is 35.4 Å². The van der Waals surface area contributed by atoms with Crippen molar-refractivity contribution < 1.29 is 19.4 Å². The van der Waals surface area contributed by atoms with Gasteiger partial charge in [-0.25, -0.2) is 4.39 Å². The van der Waals surface area contributed by atoms with Crippen LogP contribution < -0.4 is 4.90 Å². The van der Waals surface area contributed by atoms with Gasteiger partial charge in [0.2, 0.25) is 5.91 Å². The smallest absolute Gasteiger partial charge is 0.227 e. The predicted octanol–water partition coefficient (Wildman–Crippen LogP) is 0.458. The van der Waals surface area contributed by atoms with E-state index >= 15 is 0 Å². The lowest BCUT2D eigenvalue weighted by Crippen LogP contribution is -2.41. The largest absolute Gasteiger partial charge is 0.394 e. The molecule has 0 spiro atoms. The van der Waals surface area contributed by atoms with Gasteiger partial charge in [-0.1, -0.05) is 6.07 Å². The minimum atomic E-state index is -1.01. The highest BCUT2D eigenvalue weighted by Crippen LogP contribution is 2.28. The van der Waals surface area contributed by atoms with Crippen LogP contribution in [-0.2, 0) is 11.2 Å². The van der Waals surface area contributed by atoms with Gasteiger partial charge in [0, 0.05) is 12.1 Å². The van der Waals surface area contributed by atoms with Crippen molar-refractivity contribution in [1.29, 1.82) is 0 Å². The Morgan fingerprint density at radius 2 is 2.18 bits per heavy atom. The van der Waals surface area contributed by atoms with E-state index in [4.69, 9.17) is 5.11 Å². The molecule has 0 saturated carbocycles. The van der Waals surface area contributed by atoms with Crippen molar-refractivity contribution >= 4 is 11.6 Å². The van der Waals surface area contributed by atoms with E-state index in [2.05, 4.69) is 0 Å². The number of carbonyl (C=O) groups excluding carboxylic acids is 1. The molecule has 1 unspecified atom stereocenters. The van der Waals surface area contributed by atoms with E-state index in [9.17, 15) is 14.3 Å². The lowest BCUT2D eigenvalue weighted by molar-refractivity contribution is -0.119. The summed E-state index contributed by atoms with van der Waals surface area (Å²) in [6, 6.07) is 4.29. The third kappa shape index (κ3) is 2.45. The number of benzene rings is 1. The Hall–Kier alpha value is -1.46. The molecule has 0 aliphatic carbocycles. The molecule has 2 rings (SSSR count). The number of aryl methyl sites for hydroxylation is 1. The second-order valence-corrected chi connectivity index (χ2v) is 4.11. The quantitative estimate of drug-likeness (QED) is 0.805. The maximum Gasteiger partial charge on any atom is 0.227 e. The fraction of sp³-hybridized carbons (Fsp3) is 0.417. The summed E-state index contributed by atoms with van der Waals surface area (Å²) < 4.78 is 13.2. The van der Waals surface area contributed by atoms with Crippen LogP contribution in [0, 0.1) is 5.82 Å². The molecule has 0 bridgehead atoms. The number of hydrogen-bond acceptors (Lipinski definition) is 3. The molecule has 4 nitrogen and oxygen atoms in total. The number of hydrogen-bond donors (Lipinski definition) is 2. The standard InChI is InChI=1S/C12H14FNO3/c13-9-3-1-8-2-4-12(17)14(11(8)5-9)6-10(16)7-15/h1,3,5,10,15-16H,2,4,6-7H2. The summed E-state index contributed by atoms with van der Waals surface area (Å²) in [6.07, 6.45) is -0.0788. The number of nitrogens with zero attached hydrogens (tertiary/aromatic N) is 1. The molecule has 92 valence electrons. The summed E-state index contributed by atoms with van der Waals surface area (Å²) in [4.78, 5) is 13.1. The molecule has 1 aromatic rings. The number of aliphatic hydroxyl groups is 2. The average Bonchev–Trinajstić information content (AvgIpc) is 2.32. The Morgan fingerprint density at radius 3 is 2.88 bits per heavy atom. The number of anilines is 1. The SMILES string of the molecule is O=C1CCc2ccc(F)cc2N1CC(O)CO. The van der Waals surface area contributed by atoms with Gasteiger partial charge in [0.05, 0.1) is 19.3 Å². The number of amides is 1. The summed E-state index contributed by atoms with van der Waals surface area (Å²) in [5, 5.41) is 18.2. The molecule has 0 aromatic heterocycles. The fourth-order valence-corrected chi connectivity index (χ4v) is 1.98. The van der Waals surface area contributed by atoms with Gasteiger partial charge in [0.15, 0.2) is 0 Å². The second-order valence-electron chi connectivity index (χ2n) is 4.11. The second kappa shape index (κ2) is 4.81. The van der Waals surface area contributed by atoms with Crippen LogP contribution in [0.4, 0.5) is 10.1 Å². The van der Waals surface area contributed by atoms with Gasteiger partial charge >= 0.3 is 0 Å². The first-order chi connectivity index (χ1) is 8.11. The summed E-state index contributed by atoms with van der Waals surface area (Å²) in [5.41, 5.74) is 1.38. The van der Waals surface area contributed by atoms with Crippen molar-refractivity contribution in [2.75, 3.05) is 18.1 Å². The van der Waals surface area contributed by atoms with E-state index in [0.29, 0.717) is 18.5 Å². The topological polar surface area (TPSA) is 60.8 Å². The van der Waals surface area contributed by atoms with Crippen molar-refractivity contribution in [3.8, 4) is 0 Å². The van der Waals surface area contributed by atoms with Crippen LogP contribution in [0.2, 0.25) is 0 Å². The van der Waals surface area contributed by atoms with E-state index < -0.39 is 18.5 Å². The minimum Gasteiger partial charge on any atom is -0.394 e. The first kappa shape index (κ1) is 12.0. The zero-order chi connectivity index (χ0) is 12.4. The molecule has 1 aliphatic rings. The van der Waals surface area contributed by atoms with E-state index in [1.165, 1.54) is 17.0 Å². The average molecular weight is 239 g/mol. The molecule has 2 N–H and O–H groups in total. The van der Waals surface area contributed by atoms with Gasteiger partial charge in [0.1, 0.15) is 5.82 Å². The molecule has 0 fully saturated rings. The molecule has 1 amide bonds. The molecule has 17 heavy (non-hydrogen) atoms. The Kier molecular flexibility index (Phi) is 3.40. The van der Waals surface area contributed by atoms with Gasteiger partial charge in [0.25, 0.3) is 0 Å². The van der Waals surface area contributed by atoms with Crippen molar-refractivity contribution in [2.24, 2.45) is 0 Å². The molecule has 0 saturated heterocycles. The lowest BCUT2D eigenvalue weighted by Gasteiger charge is -2.30. The molecular formula is C12H14FNO3. The van der Waals surface area contributed by atoms with Crippen molar-refractivity contribution in [1.82, 2.24) is 0 Å². The highest BCUT2D eigenvalue weighted by Gasteiger charge is 2.26. The first-order valence-corrected chi connectivity index (χ1v) is 5.49. The van der Waals surface area contributed by atoms with Crippen molar-refractivity contribution in [3.05, 3.63) is 29.6 Å². The Morgan fingerprint density at radius 1 is 1.41 bits per heavy atom. The first-order valence-electron chi connectivity index (χ1n) is 5.49. The summed E-state index contributed by atoms with van der Waals surface area (Å²) in [6.45, 7) is -0.430. The summed E-state index contributed by atoms with van der Waals surface area (Å²) in [5.74, 6) is -0.572. The van der Waals surface area contributed by atoms with Crippen LogP contribution in [0.3, 0.4) is 0 Å². The number of fused-ring (bicyclic) bond motifs is 1. The zero-order valence-corrected chi connectivity index (χ0v) is 9.27. The van der Waals surface area contributed by atoms with E-state index in [1.807, 2.05) is 0 Å². The van der Waals surface area contributed by atoms with Gasteiger partial charge in [-0.3, -0.25) is 4.79 Å². The Balaban J connectivity index is 2.32. The molecule has 1 aliphatic heterocycles. The van der Waals surface area contributed by atoms with Gasteiger partial charge in [-0.2, -0.15) is 0 Å². The molecule has 1 aromatic carbocycles. The maximum atomic E-state index is 13.2. The summed E-state index contributed by atoms with van der Waals surface area (Å²) in [7, 11) is 0. The Labute approximate surface area is 98.3 Å². The van der Waals surface area contributed by atoms with Crippen LogP contribution >= 0.6 is 0 Å². The van der Waals surface area contributed by atoms with Gasteiger partial charge in [-0.05, 0) is 24.1 Å². The fourth-order valence-electron chi connectivity index (χ4n) is 1.98. The van der Waals surface area contributed by atoms with Crippen molar-refractivity contribution in [3.63, 3.8) is 0 Å². The number of rotatable bonds is 3. The maximum absolute atomic E-state index is 13.2. The minimum absolute atomic E-state index is 0.00815. The van der Waals surface area contributed by atoms with E-state index in [1.54, 1.807) is 6.07 Å². The predicted molar refractivity (Wildman–Crippen MR) is 60.2 cm³/mol. The van der Waals surface area contributed by atoms with Gasteiger partial charge < -0.3 is 15.1 Å². The van der Waals surface area contributed by atoms with E-state index in [0.717, 1.165) is 5.56 Å². The van der Waals surface area contributed by atoms with Crippen LogP contribution in [0.1, 0.15) is 12.0 Å². The highest BCUT2D eigenvalue weighted by atomic mass is 19.1. The molecular weight excluding hydrogens is 225 g/mol. The third-order valence-corrected chi connectivity index (χ3v) is 2.85. The van der Waals surface area contributed by atoms with Crippen molar-refractivity contribution in [2.45, 2.75) is 18.9 Å². The van der Waals surface area contributed by atoms with Crippen LogP contribution in [0.15, 0.2) is 18.2 Å². The molecule has 1 atom stereocenters. The summed E-state index contributed by atoms with van der Waals surface area (Å²) >= 11 is 0. The molecule has 5 heteroatoms. The molecule has 0 radical (unpaired) electrons. The number of halogens is 1. The monoisotopic (exact) mass is 239 g/mol. The zero-order valence-electron chi connectivity index (χ0n) is 9.27. The highest BCUT2D eigenvalue weighted by molar-refractivity contribution is 5.96. The number of β-amino-alcohol motifs (C(OH)–C–C–N with tert-alkyl or cyclic N) is 1. The Bertz CT molecular complexity index is 436. The lowest BCUT2D eigenvalue weighted by atomic mass is 10.0. The van der Waals surface area contributed by atoms with Crippen LogP contribution in [0.25, 0.3) is 0 Å². The van der Waals surface area contributed by atoms with Crippen LogP contribution in [0.5, 0.6) is 0 Å². The molecule has 1 heterocycles. The number of carbonyl (C=O) groups is 1. The number of aliphatic hydroxyl groups excluding tert-OH is 2. The van der Waals surface area contributed by atoms with E-state index in [-0.39, 0.29) is 12.5 Å². The van der Waals surface area contributed by atoms with Gasteiger partial charge in [-0.15, -0.1) is 0 Å². The normalized spacial score (nSPS) is 16.9. The third-order valence-electron chi connectivity index (χ3n) is 2.85.